The first-order valence-electron chi connectivity index (χ1n) is 10.1. The Bertz CT molecular complexity index is 485. The fourth-order valence-corrected chi connectivity index (χ4v) is 4.25. The van der Waals surface area contributed by atoms with E-state index in [0.29, 0.717) is 0 Å². The predicted molar refractivity (Wildman–Crippen MR) is 106 cm³/mol. The van der Waals surface area contributed by atoms with Crippen LogP contribution in [0.4, 0.5) is 0 Å². The lowest BCUT2D eigenvalue weighted by molar-refractivity contribution is 0.0669. The third-order valence-corrected chi connectivity index (χ3v) is 5.90. The van der Waals surface area contributed by atoms with Gasteiger partial charge in [0.1, 0.15) is 0 Å². The van der Waals surface area contributed by atoms with Gasteiger partial charge in [-0.15, -0.1) is 0 Å². The predicted octanol–water partition coefficient (Wildman–Crippen LogP) is 5.17. The van der Waals surface area contributed by atoms with Gasteiger partial charge in [0.25, 0.3) is 0 Å². The molecule has 2 heteroatoms. The van der Waals surface area contributed by atoms with Crippen LogP contribution in [-0.2, 0) is 6.54 Å². The molecular weight excluding hydrogens is 292 g/mol. The fraction of sp³-hybridized carbons (Fsp3) is 0.727. The van der Waals surface area contributed by atoms with Crippen molar-refractivity contribution in [1.82, 2.24) is 9.80 Å². The van der Waals surface area contributed by atoms with Crippen LogP contribution in [0.15, 0.2) is 18.2 Å². The van der Waals surface area contributed by atoms with E-state index >= 15 is 0 Å². The summed E-state index contributed by atoms with van der Waals surface area (Å²) in [7, 11) is 0. The van der Waals surface area contributed by atoms with E-state index in [4.69, 9.17) is 0 Å². The molecule has 0 saturated carbocycles. The van der Waals surface area contributed by atoms with Crippen molar-refractivity contribution >= 4 is 0 Å². The van der Waals surface area contributed by atoms with Crippen molar-refractivity contribution < 1.29 is 0 Å². The molecule has 0 radical (unpaired) electrons. The quantitative estimate of drug-likeness (QED) is 0.649. The summed E-state index contributed by atoms with van der Waals surface area (Å²) < 4.78 is 0. The minimum atomic E-state index is 0.779. The molecule has 2 nitrogen and oxygen atoms in total. The summed E-state index contributed by atoms with van der Waals surface area (Å²) in [6.07, 6.45) is 6.53. The Morgan fingerprint density at radius 1 is 1.04 bits per heavy atom. The second-order valence-electron chi connectivity index (χ2n) is 7.63. The summed E-state index contributed by atoms with van der Waals surface area (Å²) in [5.74, 6) is 0. The Hall–Kier alpha value is -0.860. The molecule has 0 N–H and O–H groups in total. The first-order chi connectivity index (χ1) is 11.6. The minimum absolute atomic E-state index is 0.779. The second kappa shape index (κ2) is 9.58. The highest BCUT2D eigenvalue weighted by molar-refractivity contribution is 5.29. The third-order valence-electron chi connectivity index (χ3n) is 5.90. The van der Waals surface area contributed by atoms with Crippen molar-refractivity contribution in [3.8, 4) is 0 Å². The maximum absolute atomic E-state index is 2.83. The molecule has 1 heterocycles. The van der Waals surface area contributed by atoms with E-state index in [1.807, 2.05) is 0 Å². The van der Waals surface area contributed by atoms with Crippen molar-refractivity contribution in [2.45, 2.75) is 85.4 Å². The van der Waals surface area contributed by atoms with E-state index in [2.05, 4.69) is 62.6 Å². The van der Waals surface area contributed by atoms with Gasteiger partial charge in [-0.3, -0.25) is 9.80 Å². The molecule has 0 aromatic heterocycles. The van der Waals surface area contributed by atoms with Crippen LogP contribution in [0.5, 0.6) is 0 Å². The van der Waals surface area contributed by atoms with Gasteiger partial charge >= 0.3 is 0 Å². The first kappa shape index (κ1) is 19.5. The van der Waals surface area contributed by atoms with Gasteiger partial charge in [-0.25, -0.2) is 0 Å². The maximum atomic E-state index is 2.83. The summed E-state index contributed by atoms with van der Waals surface area (Å²) >= 11 is 0. The number of piperidine rings is 1. The Morgan fingerprint density at radius 3 is 2.25 bits per heavy atom. The molecule has 0 atom stereocenters. The molecule has 0 spiro atoms. The lowest BCUT2D eigenvalue weighted by atomic mass is 9.98. The van der Waals surface area contributed by atoms with Crippen LogP contribution in [0.3, 0.4) is 0 Å². The molecular formula is C22H38N2. The molecule has 2 rings (SSSR count). The van der Waals surface area contributed by atoms with Crippen LogP contribution in [0.1, 0.15) is 69.6 Å². The lowest BCUT2D eigenvalue weighted by Crippen LogP contribution is -2.49. The fourth-order valence-electron chi connectivity index (χ4n) is 4.25. The van der Waals surface area contributed by atoms with Crippen LogP contribution in [0.2, 0.25) is 0 Å². The molecule has 1 saturated heterocycles. The molecule has 1 aliphatic rings. The zero-order valence-electron chi connectivity index (χ0n) is 16.6. The first-order valence-corrected chi connectivity index (χ1v) is 10.1. The number of rotatable bonds is 8. The summed E-state index contributed by atoms with van der Waals surface area (Å²) in [6, 6.07) is 8.52. The minimum Gasteiger partial charge on any atom is -0.299 e. The average molecular weight is 331 g/mol. The van der Waals surface area contributed by atoms with E-state index in [-0.39, 0.29) is 0 Å². The number of likely N-dealkylation sites (tertiary alicyclic amines) is 1. The molecule has 0 aliphatic carbocycles. The maximum Gasteiger partial charge on any atom is 0.0233 e. The van der Waals surface area contributed by atoms with Gasteiger partial charge in [-0.05, 0) is 82.3 Å². The number of nitrogens with zero attached hydrogens (tertiary/aromatic N) is 2. The number of hydrogen-bond donors (Lipinski definition) is 0. The summed E-state index contributed by atoms with van der Waals surface area (Å²) in [5, 5.41) is 0. The van der Waals surface area contributed by atoms with Gasteiger partial charge in [0.05, 0.1) is 0 Å². The van der Waals surface area contributed by atoms with Crippen molar-refractivity contribution in [2.75, 3.05) is 19.6 Å². The van der Waals surface area contributed by atoms with Gasteiger partial charge in [0.15, 0.2) is 0 Å². The highest BCUT2D eigenvalue weighted by Crippen LogP contribution is 2.23. The molecule has 0 bridgehead atoms. The molecule has 1 fully saturated rings. The number of aryl methyl sites for hydroxylation is 2. The third kappa shape index (κ3) is 5.07. The van der Waals surface area contributed by atoms with E-state index in [9.17, 15) is 0 Å². The molecule has 0 unspecified atom stereocenters. The van der Waals surface area contributed by atoms with E-state index < -0.39 is 0 Å². The second-order valence-corrected chi connectivity index (χ2v) is 7.63. The zero-order chi connectivity index (χ0) is 17.5. The Kier molecular flexibility index (Phi) is 7.77. The monoisotopic (exact) mass is 330 g/mol. The smallest absolute Gasteiger partial charge is 0.0233 e. The van der Waals surface area contributed by atoms with Gasteiger partial charge in [0, 0.05) is 18.6 Å². The van der Waals surface area contributed by atoms with Gasteiger partial charge in [-0.1, -0.05) is 39.0 Å². The Morgan fingerprint density at radius 2 is 1.71 bits per heavy atom. The van der Waals surface area contributed by atoms with Crippen molar-refractivity contribution in [3.05, 3.63) is 34.9 Å². The molecule has 1 aromatic rings. The summed E-state index contributed by atoms with van der Waals surface area (Å²) in [6.45, 7) is 16.3. The summed E-state index contributed by atoms with van der Waals surface area (Å²) in [4.78, 5) is 5.48. The topological polar surface area (TPSA) is 6.48 Å². The van der Waals surface area contributed by atoms with Gasteiger partial charge in [0.2, 0.25) is 0 Å². The van der Waals surface area contributed by atoms with Crippen LogP contribution in [0, 0.1) is 13.8 Å². The molecule has 136 valence electrons. The van der Waals surface area contributed by atoms with E-state index in [1.54, 1.807) is 0 Å². The Labute approximate surface area is 150 Å². The number of hydrogen-bond acceptors (Lipinski definition) is 2. The van der Waals surface area contributed by atoms with Crippen molar-refractivity contribution in [3.63, 3.8) is 0 Å². The van der Waals surface area contributed by atoms with Crippen molar-refractivity contribution in [1.29, 1.82) is 0 Å². The highest BCUT2D eigenvalue weighted by atomic mass is 15.2. The molecule has 0 amide bonds. The average Bonchev–Trinajstić information content (AvgIpc) is 2.59. The summed E-state index contributed by atoms with van der Waals surface area (Å²) in [5.41, 5.74) is 4.30. The van der Waals surface area contributed by atoms with Crippen LogP contribution in [0.25, 0.3) is 0 Å². The molecule has 24 heavy (non-hydrogen) atoms. The number of benzene rings is 1. The lowest BCUT2D eigenvalue weighted by Gasteiger charge is -2.42. The van der Waals surface area contributed by atoms with Crippen molar-refractivity contribution in [2.24, 2.45) is 0 Å². The zero-order valence-corrected chi connectivity index (χ0v) is 16.6. The van der Waals surface area contributed by atoms with E-state index in [1.165, 1.54) is 68.4 Å². The van der Waals surface area contributed by atoms with Crippen LogP contribution < -0.4 is 0 Å². The van der Waals surface area contributed by atoms with Gasteiger partial charge < -0.3 is 0 Å². The normalized spacial score (nSPS) is 17.1. The van der Waals surface area contributed by atoms with E-state index in [0.717, 1.165) is 18.6 Å². The standard InChI is InChI=1S/C22H38N2/c1-6-13-24(21(7-2)8-3)22-11-14-23(15-12-22)17-20-10-9-18(4)19(5)16-20/h9-10,16,21-22H,6-8,11-15,17H2,1-5H3. The highest BCUT2D eigenvalue weighted by Gasteiger charge is 2.27. The largest absolute Gasteiger partial charge is 0.299 e. The SMILES string of the molecule is CCCN(C(CC)CC)C1CCN(Cc2ccc(C)c(C)c2)CC1. The molecule has 1 aliphatic heterocycles. The van der Waals surface area contributed by atoms with Crippen LogP contribution >= 0.6 is 0 Å². The van der Waals surface area contributed by atoms with Crippen LogP contribution in [-0.4, -0.2) is 41.5 Å². The molecule has 1 aromatic carbocycles. The van der Waals surface area contributed by atoms with Gasteiger partial charge in [-0.2, -0.15) is 0 Å². The Balaban J connectivity index is 1.90.